The van der Waals surface area contributed by atoms with Gasteiger partial charge in [0.2, 0.25) is 5.91 Å². The molecule has 1 aliphatic heterocycles. The first-order valence-corrected chi connectivity index (χ1v) is 6.02. The molecule has 98 valence electrons. The van der Waals surface area contributed by atoms with Crippen LogP contribution < -0.4 is 5.32 Å². The molecule has 0 saturated carbocycles. The molecular weight excluding hydrogens is 220 g/mol. The first-order chi connectivity index (χ1) is 7.78. The SMILES string of the molecule is C[C@@H]1CCN(C(=O)CNC(=O)OC(C)(C)C)C1. The lowest BCUT2D eigenvalue weighted by atomic mass is 10.2. The van der Waals surface area contributed by atoms with Crippen LogP contribution in [0.15, 0.2) is 0 Å². The minimum Gasteiger partial charge on any atom is -0.444 e. The number of nitrogens with one attached hydrogen (secondary N) is 1. The van der Waals surface area contributed by atoms with Crippen molar-refractivity contribution < 1.29 is 14.3 Å². The summed E-state index contributed by atoms with van der Waals surface area (Å²) in [6.07, 6.45) is 0.496. The maximum Gasteiger partial charge on any atom is 0.408 e. The first-order valence-electron chi connectivity index (χ1n) is 6.02. The standard InChI is InChI=1S/C12H22N2O3/c1-9-5-6-14(8-9)10(15)7-13-11(16)17-12(2,3)4/h9H,5-8H2,1-4H3,(H,13,16)/t9-/m1/s1. The van der Waals surface area contributed by atoms with Crippen LogP contribution in [0.1, 0.15) is 34.1 Å². The predicted molar refractivity (Wildman–Crippen MR) is 64.6 cm³/mol. The molecular formula is C12H22N2O3. The predicted octanol–water partition coefficient (Wildman–Crippen LogP) is 1.38. The van der Waals surface area contributed by atoms with Crippen LogP contribution in [0.25, 0.3) is 0 Å². The highest BCUT2D eigenvalue weighted by Gasteiger charge is 2.24. The van der Waals surface area contributed by atoms with Gasteiger partial charge in [-0.3, -0.25) is 4.79 Å². The van der Waals surface area contributed by atoms with Gasteiger partial charge in [-0.25, -0.2) is 4.79 Å². The van der Waals surface area contributed by atoms with Crippen LogP contribution in [0.3, 0.4) is 0 Å². The molecule has 1 fully saturated rings. The van der Waals surface area contributed by atoms with Crippen LogP contribution in [0, 0.1) is 5.92 Å². The summed E-state index contributed by atoms with van der Waals surface area (Å²) in [5, 5.41) is 2.48. The number of nitrogens with zero attached hydrogens (tertiary/aromatic N) is 1. The second kappa shape index (κ2) is 5.38. The Kier molecular flexibility index (Phi) is 4.37. The molecule has 0 unspecified atom stereocenters. The third-order valence-electron chi connectivity index (χ3n) is 2.56. The lowest BCUT2D eigenvalue weighted by Crippen LogP contribution is -2.41. The first kappa shape index (κ1) is 13.8. The van der Waals surface area contributed by atoms with E-state index in [-0.39, 0.29) is 12.5 Å². The molecule has 0 radical (unpaired) electrons. The number of ether oxygens (including phenoxy) is 1. The summed E-state index contributed by atoms with van der Waals surface area (Å²) in [6.45, 7) is 9.07. The minimum atomic E-state index is -0.543. The highest BCUT2D eigenvalue weighted by atomic mass is 16.6. The molecule has 1 rings (SSSR count). The number of carbonyl (C=O) groups is 2. The molecule has 17 heavy (non-hydrogen) atoms. The van der Waals surface area contributed by atoms with E-state index in [9.17, 15) is 9.59 Å². The molecule has 0 bridgehead atoms. The van der Waals surface area contributed by atoms with Crippen molar-refractivity contribution in [3.05, 3.63) is 0 Å². The van der Waals surface area contributed by atoms with Crippen LogP contribution in [0.2, 0.25) is 0 Å². The van der Waals surface area contributed by atoms with Crippen molar-refractivity contribution in [1.82, 2.24) is 10.2 Å². The summed E-state index contributed by atoms with van der Waals surface area (Å²) in [7, 11) is 0. The van der Waals surface area contributed by atoms with Crippen LogP contribution in [0.4, 0.5) is 4.79 Å². The molecule has 1 aliphatic rings. The summed E-state index contributed by atoms with van der Waals surface area (Å²) in [6, 6.07) is 0. The lowest BCUT2D eigenvalue weighted by Gasteiger charge is -2.20. The Hall–Kier alpha value is -1.26. The van der Waals surface area contributed by atoms with Crippen molar-refractivity contribution >= 4 is 12.0 Å². The minimum absolute atomic E-state index is 0.0155. The van der Waals surface area contributed by atoms with E-state index >= 15 is 0 Å². The van der Waals surface area contributed by atoms with Gasteiger partial charge in [-0.15, -0.1) is 0 Å². The maximum atomic E-state index is 11.7. The van der Waals surface area contributed by atoms with Gasteiger partial charge in [-0.2, -0.15) is 0 Å². The Morgan fingerprint density at radius 3 is 2.53 bits per heavy atom. The smallest absolute Gasteiger partial charge is 0.408 e. The van der Waals surface area contributed by atoms with E-state index in [2.05, 4.69) is 12.2 Å². The molecule has 0 aromatic carbocycles. The van der Waals surface area contributed by atoms with Crippen molar-refractivity contribution in [2.75, 3.05) is 19.6 Å². The number of hydrogen-bond acceptors (Lipinski definition) is 3. The maximum absolute atomic E-state index is 11.7. The van der Waals surface area contributed by atoms with E-state index in [0.29, 0.717) is 5.92 Å². The number of likely N-dealkylation sites (tertiary alicyclic amines) is 1. The van der Waals surface area contributed by atoms with Gasteiger partial charge in [0.05, 0.1) is 0 Å². The van der Waals surface area contributed by atoms with E-state index in [1.165, 1.54) is 0 Å². The molecule has 1 heterocycles. The Morgan fingerprint density at radius 2 is 2.06 bits per heavy atom. The largest absolute Gasteiger partial charge is 0.444 e. The van der Waals surface area contributed by atoms with Crippen LogP contribution in [-0.4, -0.2) is 42.1 Å². The Balaban J connectivity index is 2.26. The number of amides is 2. The molecule has 0 aromatic rings. The summed E-state index contributed by atoms with van der Waals surface area (Å²) in [5.74, 6) is 0.515. The lowest BCUT2D eigenvalue weighted by molar-refractivity contribution is -0.129. The zero-order valence-corrected chi connectivity index (χ0v) is 11.1. The average molecular weight is 242 g/mol. The molecule has 0 spiro atoms. The summed E-state index contributed by atoms with van der Waals surface area (Å²) in [5.41, 5.74) is -0.532. The van der Waals surface area contributed by atoms with Crippen molar-refractivity contribution in [1.29, 1.82) is 0 Å². The molecule has 2 amide bonds. The van der Waals surface area contributed by atoms with Gasteiger partial charge in [-0.05, 0) is 33.1 Å². The molecule has 1 N–H and O–H groups in total. The molecule has 1 atom stereocenters. The number of hydrogen-bond donors (Lipinski definition) is 1. The zero-order valence-electron chi connectivity index (χ0n) is 11.1. The van der Waals surface area contributed by atoms with E-state index in [0.717, 1.165) is 19.5 Å². The Morgan fingerprint density at radius 1 is 1.41 bits per heavy atom. The van der Waals surface area contributed by atoms with Crippen molar-refractivity contribution in [2.45, 2.75) is 39.7 Å². The van der Waals surface area contributed by atoms with E-state index in [1.54, 1.807) is 25.7 Å². The molecule has 1 saturated heterocycles. The van der Waals surface area contributed by atoms with Gasteiger partial charge in [0.1, 0.15) is 12.1 Å². The Labute approximate surface area is 102 Å². The van der Waals surface area contributed by atoms with Crippen molar-refractivity contribution in [3.63, 3.8) is 0 Å². The van der Waals surface area contributed by atoms with E-state index in [1.807, 2.05) is 0 Å². The van der Waals surface area contributed by atoms with Crippen LogP contribution >= 0.6 is 0 Å². The fourth-order valence-electron chi connectivity index (χ4n) is 1.74. The van der Waals surface area contributed by atoms with Gasteiger partial charge >= 0.3 is 6.09 Å². The summed E-state index contributed by atoms with van der Waals surface area (Å²) < 4.78 is 5.05. The van der Waals surface area contributed by atoms with Gasteiger partial charge in [0.25, 0.3) is 0 Å². The van der Waals surface area contributed by atoms with Gasteiger partial charge in [0.15, 0.2) is 0 Å². The van der Waals surface area contributed by atoms with Gasteiger partial charge in [0, 0.05) is 13.1 Å². The highest BCUT2D eigenvalue weighted by molar-refractivity contribution is 5.82. The molecule has 0 aromatic heterocycles. The monoisotopic (exact) mass is 242 g/mol. The number of rotatable bonds is 2. The highest BCUT2D eigenvalue weighted by Crippen LogP contribution is 2.14. The van der Waals surface area contributed by atoms with Crippen molar-refractivity contribution in [3.8, 4) is 0 Å². The average Bonchev–Trinajstić information content (AvgIpc) is 2.58. The second-order valence-electron chi connectivity index (χ2n) is 5.59. The normalized spacial score (nSPS) is 20.2. The number of carbonyl (C=O) groups excluding carboxylic acids is 2. The summed E-state index contributed by atoms with van der Waals surface area (Å²) in [4.78, 5) is 24.8. The van der Waals surface area contributed by atoms with E-state index < -0.39 is 11.7 Å². The third-order valence-corrected chi connectivity index (χ3v) is 2.56. The fraction of sp³-hybridized carbons (Fsp3) is 0.833. The van der Waals surface area contributed by atoms with Crippen molar-refractivity contribution in [2.24, 2.45) is 5.92 Å². The molecule has 5 nitrogen and oxygen atoms in total. The Bertz CT molecular complexity index is 297. The zero-order chi connectivity index (χ0) is 13.1. The molecule has 5 heteroatoms. The van der Waals surface area contributed by atoms with Gasteiger partial charge in [-0.1, -0.05) is 6.92 Å². The number of alkyl carbamates (subject to hydrolysis) is 1. The third kappa shape index (κ3) is 5.06. The quantitative estimate of drug-likeness (QED) is 0.796. The molecule has 0 aliphatic carbocycles. The van der Waals surface area contributed by atoms with Gasteiger partial charge < -0.3 is 15.0 Å². The van der Waals surface area contributed by atoms with Crippen LogP contribution in [-0.2, 0) is 9.53 Å². The second-order valence-corrected chi connectivity index (χ2v) is 5.59. The summed E-state index contributed by atoms with van der Waals surface area (Å²) >= 11 is 0. The topological polar surface area (TPSA) is 58.6 Å². The fourth-order valence-corrected chi connectivity index (χ4v) is 1.74. The van der Waals surface area contributed by atoms with E-state index in [4.69, 9.17) is 4.74 Å². The van der Waals surface area contributed by atoms with Crippen LogP contribution in [0.5, 0.6) is 0 Å².